The Bertz CT molecular complexity index is 1920. The summed E-state index contributed by atoms with van der Waals surface area (Å²) in [5.74, 6) is -2.64. The molecule has 1 fully saturated rings. The van der Waals surface area contributed by atoms with Crippen LogP contribution in [0.15, 0.2) is 47.6 Å². The van der Waals surface area contributed by atoms with E-state index in [1.165, 1.54) is 28.8 Å². The molecule has 0 amide bonds. The van der Waals surface area contributed by atoms with Crippen LogP contribution in [0.5, 0.6) is 0 Å². The number of aliphatic carboxylic acids is 1. The molecule has 4 aromatic rings. The normalized spacial score (nSPS) is 19.2. The van der Waals surface area contributed by atoms with Crippen molar-refractivity contribution in [3.05, 3.63) is 81.4 Å². The fourth-order valence-corrected chi connectivity index (χ4v) is 8.28. The zero-order valence-corrected chi connectivity index (χ0v) is 26.0. The third kappa shape index (κ3) is 5.74. The minimum Gasteiger partial charge on any atom is -0.481 e. The Balaban J connectivity index is 1.41. The first-order chi connectivity index (χ1) is 21.3. The van der Waals surface area contributed by atoms with Crippen LogP contribution in [0, 0.1) is 13.8 Å². The Morgan fingerprint density at radius 3 is 2.67 bits per heavy atom. The Labute approximate surface area is 262 Å². The number of carbonyl (C=O) groups is 1. The number of piperidine rings is 1. The van der Waals surface area contributed by atoms with Crippen LogP contribution in [0.2, 0.25) is 5.02 Å². The summed E-state index contributed by atoms with van der Waals surface area (Å²) in [6.07, 6.45) is 0.265. The molecule has 0 saturated carbocycles. The van der Waals surface area contributed by atoms with Crippen LogP contribution in [0.4, 0.5) is 19.0 Å². The number of fused-ring (bicyclic) bond motifs is 4. The van der Waals surface area contributed by atoms with Crippen molar-refractivity contribution in [2.24, 2.45) is 0 Å². The van der Waals surface area contributed by atoms with Gasteiger partial charge in [-0.3, -0.25) is 9.20 Å². The van der Waals surface area contributed by atoms with E-state index in [0.29, 0.717) is 34.6 Å². The fourth-order valence-electron chi connectivity index (χ4n) is 6.43. The summed E-state index contributed by atoms with van der Waals surface area (Å²) in [5.41, 5.74) is 2.88. The van der Waals surface area contributed by atoms with Crippen molar-refractivity contribution < 1.29 is 31.5 Å². The van der Waals surface area contributed by atoms with Crippen LogP contribution in [-0.2, 0) is 27.5 Å². The highest BCUT2D eigenvalue weighted by molar-refractivity contribution is 7.89. The number of carboxylic acids is 1. The van der Waals surface area contributed by atoms with Gasteiger partial charge < -0.3 is 10.0 Å². The van der Waals surface area contributed by atoms with E-state index >= 15 is 0 Å². The summed E-state index contributed by atoms with van der Waals surface area (Å²) >= 11 is 6.22. The smallest absolute Gasteiger partial charge is 0.452 e. The number of hydrogen-bond acceptors (Lipinski definition) is 7. The second-order valence-electron chi connectivity index (χ2n) is 11.6. The van der Waals surface area contributed by atoms with Gasteiger partial charge in [-0.25, -0.2) is 13.4 Å². The monoisotopic (exact) mass is 662 g/mol. The van der Waals surface area contributed by atoms with Crippen molar-refractivity contribution >= 4 is 39.1 Å². The summed E-state index contributed by atoms with van der Waals surface area (Å²) in [6.45, 7) is 4.38. The molecule has 0 aliphatic carbocycles. The molecule has 6 rings (SSSR count). The molecule has 2 aliphatic rings. The number of aryl methyl sites for hydroxylation is 2. The maximum atomic E-state index is 14.1. The van der Waals surface area contributed by atoms with Crippen LogP contribution in [-0.4, -0.2) is 62.5 Å². The lowest BCUT2D eigenvalue weighted by atomic mass is 9.85. The van der Waals surface area contributed by atoms with Crippen LogP contribution in [0.1, 0.15) is 65.2 Å². The van der Waals surface area contributed by atoms with E-state index in [1.54, 1.807) is 25.1 Å². The van der Waals surface area contributed by atoms with Crippen molar-refractivity contribution in [2.45, 2.75) is 69.1 Å². The van der Waals surface area contributed by atoms with Crippen molar-refractivity contribution in [1.82, 2.24) is 23.9 Å². The van der Waals surface area contributed by atoms with E-state index in [-0.39, 0.29) is 41.1 Å². The molecule has 1 saturated heterocycles. The third-order valence-corrected chi connectivity index (χ3v) is 10.7. The largest absolute Gasteiger partial charge is 0.481 e. The molecule has 1 aromatic carbocycles. The Hall–Kier alpha value is -3.75. The van der Waals surface area contributed by atoms with Gasteiger partial charge >= 0.3 is 12.1 Å². The summed E-state index contributed by atoms with van der Waals surface area (Å²) in [6, 6.07) is 8.16. The van der Waals surface area contributed by atoms with Gasteiger partial charge in [0.2, 0.25) is 15.8 Å². The molecule has 238 valence electrons. The molecule has 2 aliphatic heterocycles. The quantitative estimate of drug-likeness (QED) is 0.284. The van der Waals surface area contributed by atoms with Crippen molar-refractivity contribution in [2.75, 3.05) is 18.0 Å². The highest BCUT2D eigenvalue weighted by atomic mass is 35.5. The molecule has 10 nitrogen and oxygen atoms in total. The van der Waals surface area contributed by atoms with Gasteiger partial charge in [0.1, 0.15) is 10.7 Å². The maximum Gasteiger partial charge on any atom is 0.452 e. The summed E-state index contributed by atoms with van der Waals surface area (Å²) < 4.78 is 70.9. The molecular formula is C30H30ClF3N6O4S. The number of halogens is 4. The number of anilines is 1. The molecule has 1 N–H and O–H groups in total. The van der Waals surface area contributed by atoms with E-state index in [0.717, 1.165) is 29.2 Å². The molecule has 0 bridgehead atoms. The predicted octanol–water partition coefficient (Wildman–Crippen LogP) is 5.58. The molecule has 1 unspecified atom stereocenters. The van der Waals surface area contributed by atoms with Crippen LogP contribution < -0.4 is 4.90 Å². The Kier molecular flexibility index (Phi) is 8.02. The van der Waals surface area contributed by atoms with Crippen LogP contribution in [0.3, 0.4) is 0 Å². The standard InChI is InChI=1S/C30H30ClF3N6O4S/c1-17-6-7-19(24(13-26(41)42)23-8-10-40-27(18(23)2)36-37-29(40)30(32,33)34)11-20(17)15-38-16-22-5-3-4-9-39(22)28-25(45(38,43)44)12-21(31)14-35-28/h6-8,10-12,14,22,24H,3-5,9,13,15-16H2,1-2H3,(H,41,42)/t22?,24-/m0/s1. The highest BCUT2D eigenvalue weighted by Gasteiger charge is 2.40. The molecule has 0 radical (unpaired) electrons. The van der Waals surface area contributed by atoms with Gasteiger partial charge in [-0.1, -0.05) is 29.8 Å². The molecule has 3 aromatic heterocycles. The molecule has 0 spiro atoms. The molecule has 15 heteroatoms. The highest BCUT2D eigenvalue weighted by Crippen LogP contribution is 2.38. The number of nitrogens with zero attached hydrogens (tertiary/aromatic N) is 6. The van der Waals surface area contributed by atoms with Gasteiger partial charge in [0.05, 0.1) is 11.4 Å². The number of sulfonamides is 1. The van der Waals surface area contributed by atoms with Gasteiger partial charge in [-0.15, -0.1) is 10.2 Å². The molecule has 2 atom stereocenters. The number of pyridine rings is 2. The van der Waals surface area contributed by atoms with E-state index in [2.05, 4.69) is 15.2 Å². The number of rotatable bonds is 6. The predicted molar refractivity (Wildman–Crippen MR) is 160 cm³/mol. The second kappa shape index (κ2) is 11.6. The topological polar surface area (TPSA) is 121 Å². The van der Waals surface area contributed by atoms with E-state index in [4.69, 9.17) is 11.6 Å². The minimum atomic E-state index is -4.72. The van der Waals surface area contributed by atoms with Crippen molar-refractivity contribution in [3.63, 3.8) is 0 Å². The number of alkyl halides is 3. The van der Waals surface area contributed by atoms with E-state index in [1.807, 2.05) is 11.8 Å². The molecule has 45 heavy (non-hydrogen) atoms. The third-order valence-electron chi connectivity index (χ3n) is 8.73. The first kappa shape index (κ1) is 31.2. The fraction of sp³-hybridized carbons (Fsp3) is 0.400. The average Bonchev–Trinajstić information content (AvgIpc) is 3.40. The van der Waals surface area contributed by atoms with Crippen molar-refractivity contribution in [1.29, 1.82) is 0 Å². The summed E-state index contributed by atoms with van der Waals surface area (Å²) in [7, 11) is -4.02. The maximum absolute atomic E-state index is 14.1. The first-order valence-corrected chi connectivity index (χ1v) is 16.2. The Morgan fingerprint density at radius 1 is 1.16 bits per heavy atom. The molecule has 5 heterocycles. The van der Waals surface area contributed by atoms with Crippen LogP contribution >= 0.6 is 11.6 Å². The van der Waals surface area contributed by atoms with Crippen LogP contribution in [0.25, 0.3) is 5.65 Å². The van der Waals surface area contributed by atoms with Gasteiger partial charge in [0, 0.05) is 44.0 Å². The van der Waals surface area contributed by atoms with Gasteiger partial charge in [-0.2, -0.15) is 17.5 Å². The van der Waals surface area contributed by atoms with E-state index < -0.39 is 33.9 Å². The summed E-state index contributed by atoms with van der Waals surface area (Å²) in [4.78, 5) is 18.6. The average molecular weight is 663 g/mol. The zero-order valence-electron chi connectivity index (χ0n) is 24.4. The SMILES string of the molecule is Cc1ccc([C@H](CC(=O)O)c2ccn3c(C(F)(F)F)nnc3c2C)cc1CN1CC2CCCCN2c2ncc(Cl)cc2S1(=O)=O. The van der Waals surface area contributed by atoms with Gasteiger partial charge in [0.25, 0.3) is 0 Å². The number of aromatic nitrogens is 4. The molecular weight excluding hydrogens is 633 g/mol. The van der Waals surface area contributed by atoms with E-state index in [9.17, 15) is 31.5 Å². The number of hydrogen-bond donors (Lipinski definition) is 1. The number of benzene rings is 1. The summed E-state index contributed by atoms with van der Waals surface area (Å²) in [5, 5.41) is 17.1. The lowest BCUT2D eigenvalue weighted by molar-refractivity contribution is -0.145. The van der Waals surface area contributed by atoms with Gasteiger partial charge in [0.15, 0.2) is 5.65 Å². The first-order valence-electron chi connectivity index (χ1n) is 14.4. The van der Waals surface area contributed by atoms with Gasteiger partial charge in [-0.05, 0) is 73.1 Å². The number of carboxylic acid groups (broad SMARTS) is 1. The second-order valence-corrected chi connectivity index (χ2v) is 13.9. The minimum absolute atomic E-state index is 0.0230. The lowest BCUT2D eigenvalue weighted by Gasteiger charge is -2.36. The Morgan fingerprint density at radius 2 is 1.93 bits per heavy atom. The van der Waals surface area contributed by atoms with Crippen molar-refractivity contribution in [3.8, 4) is 0 Å². The zero-order chi connectivity index (χ0) is 32.3. The lowest BCUT2D eigenvalue weighted by Crippen LogP contribution is -2.45.